The Morgan fingerprint density at radius 2 is 2.05 bits per heavy atom. The molecular weight excluding hydrogens is 256 g/mol. The van der Waals surface area contributed by atoms with E-state index < -0.39 is 0 Å². The van der Waals surface area contributed by atoms with Crippen LogP contribution in [0.1, 0.15) is 18.4 Å². The van der Waals surface area contributed by atoms with Crippen molar-refractivity contribution < 1.29 is 0 Å². The van der Waals surface area contributed by atoms with Crippen molar-refractivity contribution in [2.75, 3.05) is 18.5 Å². The van der Waals surface area contributed by atoms with Crippen molar-refractivity contribution in [3.05, 3.63) is 35.9 Å². The minimum Gasteiger partial charge on any atom is -0.359 e. The lowest BCUT2D eigenvalue weighted by Crippen LogP contribution is -2.35. The van der Waals surface area contributed by atoms with Gasteiger partial charge in [-0.15, -0.1) is 11.6 Å². The summed E-state index contributed by atoms with van der Waals surface area (Å²) in [6, 6.07) is 10.5. The molecule has 1 aromatic heterocycles. The van der Waals surface area contributed by atoms with Gasteiger partial charge in [-0.3, -0.25) is 0 Å². The van der Waals surface area contributed by atoms with Gasteiger partial charge in [0.1, 0.15) is 5.82 Å². The topological polar surface area (TPSA) is 16.1 Å². The van der Waals surface area contributed by atoms with Crippen LogP contribution in [-0.2, 0) is 0 Å². The molecular formula is C16H19ClN2. The fourth-order valence-electron chi connectivity index (χ4n) is 2.88. The average Bonchev–Trinajstić information content (AvgIpc) is 2.36. The van der Waals surface area contributed by atoms with Gasteiger partial charge in [-0.2, -0.15) is 0 Å². The Labute approximate surface area is 119 Å². The number of nitrogens with zero attached hydrogens (tertiary/aromatic N) is 2. The number of halogens is 1. The normalized spacial score (nSPS) is 22.3. The number of hydrogen-bond acceptors (Lipinski definition) is 2. The van der Waals surface area contributed by atoms with Crippen LogP contribution >= 0.6 is 11.6 Å². The number of aryl methyl sites for hydroxylation is 1. The van der Waals surface area contributed by atoms with E-state index in [2.05, 4.69) is 43.1 Å². The predicted octanol–water partition coefficient (Wildman–Crippen LogP) is 4.00. The summed E-state index contributed by atoms with van der Waals surface area (Å²) in [5, 5.41) is 1.60. The molecule has 1 saturated carbocycles. The van der Waals surface area contributed by atoms with Gasteiger partial charge in [-0.1, -0.05) is 18.2 Å². The number of hydrogen-bond donors (Lipinski definition) is 0. The molecule has 0 saturated heterocycles. The first-order valence-electron chi connectivity index (χ1n) is 6.85. The molecule has 0 amide bonds. The fraction of sp³-hybridized carbons (Fsp3) is 0.438. The molecule has 0 unspecified atom stereocenters. The maximum Gasteiger partial charge on any atom is 0.131 e. The number of benzene rings is 1. The van der Waals surface area contributed by atoms with E-state index >= 15 is 0 Å². The van der Waals surface area contributed by atoms with Gasteiger partial charge in [-0.05, 0) is 43.4 Å². The molecule has 1 aliphatic rings. The summed E-state index contributed by atoms with van der Waals surface area (Å²) in [6.45, 7) is 3.19. The minimum atomic E-state index is 0.393. The number of alkyl halides is 1. The Morgan fingerprint density at radius 1 is 1.32 bits per heavy atom. The molecule has 100 valence electrons. The van der Waals surface area contributed by atoms with E-state index in [-0.39, 0.29) is 0 Å². The highest BCUT2D eigenvalue weighted by molar-refractivity contribution is 6.21. The van der Waals surface area contributed by atoms with Crippen LogP contribution in [0.15, 0.2) is 30.3 Å². The molecule has 1 heterocycles. The maximum absolute atomic E-state index is 6.05. The molecule has 0 spiro atoms. The monoisotopic (exact) mass is 274 g/mol. The highest BCUT2D eigenvalue weighted by atomic mass is 35.5. The van der Waals surface area contributed by atoms with Crippen molar-refractivity contribution >= 4 is 28.3 Å². The standard InChI is InChI=1S/C16H19ClN2/c1-11-7-13-5-3-4-6-15(13)18-16(11)19(2)10-12-8-14(17)9-12/h3-7,12,14H,8-10H2,1-2H3. The Morgan fingerprint density at radius 3 is 2.79 bits per heavy atom. The number of aromatic nitrogens is 1. The van der Waals surface area contributed by atoms with Crippen LogP contribution in [0.4, 0.5) is 5.82 Å². The van der Waals surface area contributed by atoms with Gasteiger partial charge >= 0.3 is 0 Å². The van der Waals surface area contributed by atoms with E-state index in [0.717, 1.165) is 36.6 Å². The van der Waals surface area contributed by atoms with Gasteiger partial charge in [0.2, 0.25) is 0 Å². The lowest BCUT2D eigenvalue weighted by molar-refractivity contribution is 0.328. The van der Waals surface area contributed by atoms with Gasteiger partial charge in [0.15, 0.2) is 0 Å². The van der Waals surface area contributed by atoms with Crippen LogP contribution in [0.3, 0.4) is 0 Å². The highest BCUT2D eigenvalue weighted by Crippen LogP contribution is 2.33. The fourth-order valence-corrected chi connectivity index (χ4v) is 3.38. The number of anilines is 1. The van der Waals surface area contributed by atoms with Crippen molar-refractivity contribution in [1.82, 2.24) is 4.98 Å². The second-order valence-electron chi connectivity index (χ2n) is 5.64. The second-order valence-corrected chi connectivity index (χ2v) is 6.25. The molecule has 0 radical (unpaired) electrons. The van der Waals surface area contributed by atoms with Crippen LogP contribution in [-0.4, -0.2) is 24.0 Å². The van der Waals surface area contributed by atoms with E-state index in [1.165, 1.54) is 10.9 Å². The molecule has 0 N–H and O–H groups in total. The van der Waals surface area contributed by atoms with E-state index in [1.807, 2.05) is 6.07 Å². The molecule has 1 aliphatic carbocycles. The number of fused-ring (bicyclic) bond motifs is 1. The molecule has 0 aliphatic heterocycles. The highest BCUT2D eigenvalue weighted by Gasteiger charge is 2.28. The zero-order valence-electron chi connectivity index (χ0n) is 11.4. The third-order valence-electron chi connectivity index (χ3n) is 3.96. The Bertz CT molecular complexity index is 590. The molecule has 19 heavy (non-hydrogen) atoms. The van der Waals surface area contributed by atoms with Crippen molar-refractivity contribution in [3.8, 4) is 0 Å². The molecule has 1 fully saturated rings. The first-order chi connectivity index (χ1) is 9.13. The van der Waals surface area contributed by atoms with Gasteiger partial charge < -0.3 is 4.90 Å². The third-order valence-corrected chi connectivity index (χ3v) is 4.32. The number of pyridine rings is 1. The summed E-state index contributed by atoms with van der Waals surface area (Å²) in [7, 11) is 2.13. The lowest BCUT2D eigenvalue weighted by Gasteiger charge is -2.35. The van der Waals surface area contributed by atoms with Gasteiger partial charge in [0.05, 0.1) is 5.52 Å². The SMILES string of the molecule is Cc1cc2ccccc2nc1N(C)CC1CC(Cl)C1. The van der Waals surface area contributed by atoms with E-state index in [0.29, 0.717) is 5.38 Å². The van der Waals surface area contributed by atoms with Crippen molar-refractivity contribution in [2.45, 2.75) is 25.1 Å². The average molecular weight is 275 g/mol. The molecule has 0 atom stereocenters. The number of rotatable bonds is 3. The largest absolute Gasteiger partial charge is 0.359 e. The third kappa shape index (κ3) is 2.55. The quantitative estimate of drug-likeness (QED) is 0.787. The molecule has 2 nitrogen and oxygen atoms in total. The van der Waals surface area contributed by atoms with Crippen molar-refractivity contribution in [3.63, 3.8) is 0 Å². The zero-order chi connectivity index (χ0) is 13.4. The summed E-state index contributed by atoms with van der Waals surface area (Å²) in [6.07, 6.45) is 2.27. The molecule has 3 rings (SSSR count). The lowest BCUT2D eigenvalue weighted by atomic mass is 9.84. The van der Waals surface area contributed by atoms with Crippen LogP contribution in [0, 0.1) is 12.8 Å². The summed E-state index contributed by atoms with van der Waals surface area (Å²) >= 11 is 6.05. The first-order valence-corrected chi connectivity index (χ1v) is 7.28. The van der Waals surface area contributed by atoms with E-state index in [4.69, 9.17) is 16.6 Å². The molecule has 3 heteroatoms. The van der Waals surface area contributed by atoms with Gasteiger partial charge in [0, 0.05) is 24.4 Å². The molecule has 2 aromatic rings. The van der Waals surface area contributed by atoms with E-state index in [9.17, 15) is 0 Å². The van der Waals surface area contributed by atoms with Crippen LogP contribution in [0.5, 0.6) is 0 Å². The smallest absolute Gasteiger partial charge is 0.131 e. The second kappa shape index (κ2) is 5.01. The number of para-hydroxylation sites is 1. The summed E-state index contributed by atoms with van der Waals surface area (Å²) in [5.74, 6) is 1.82. The Kier molecular flexibility index (Phi) is 3.36. The maximum atomic E-state index is 6.05. The van der Waals surface area contributed by atoms with Crippen molar-refractivity contribution in [2.24, 2.45) is 5.92 Å². The molecule has 0 bridgehead atoms. The van der Waals surface area contributed by atoms with Gasteiger partial charge in [-0.25, -0.2) is 4.98 Å². The van der Waals surface area contributed by atoms with Crippen LogP contribution in [0.2, 0.25) is 0 Å². The Hall–Kier alpha value is -1.28. The van der Waals surface area contributed by atoms with Gasteiger partial charge in [0.25, 0.3) is 0 Å². The van der Waals surface area contributed by atoms with Crippen LogP contribution < -0.4 is 4.90 Å². The summed E-state index contributed by atoms with van der Waals surface area (Å²) < 4.78 is 0. The summed E-state index contributed by atoms with van der Waals surface area (Å²) in [5.41, 5.74) is 2.31. The van der Waals surface area contributed by atoms with Crippen LogP contribution in [0.25, 0.3) is 10.9 Å². The van der Waals surface area contributed by atoms with E-state index in [1.54, 1.807) is 0 Å². The Balaban J connectivity index is 1.84. The first kappa shape index (κ1) is 12.7. The molecule has 1 aromatic carbocycles. The zero-order valence-corrected chi connectivity index (χ0v) is 12.2. The van der Waals surface area contributed by atoms with Crippen molar-refractivity contribution in [1.29, 1.82) is 0 Å². The summed E-state index contributed by atoms with van der Waals surface area (Å²) in [4.78, 5) is 7.07. The minimum absolute atomic E-state index is 0.393. The predicted molar refractivity (Wildman–Crippen MR) is 82.1 cm³/mol.